The van der Waals surface area contributed by atoms with Gasteiger partial charge >= 0.3 is 5.97 Å². The maximum Gasteiger partial charge on any atom is 0.321 e. The zero-order chi connectivity index (χ0) is 13.8. The Hall–Kier alpha value is -0.670. The number of nitrogens with one attached hydrogen (secondary N) is 1. The van der Waals surface area contributed by atoms with Crippen molar-refractivity contribution in [3.63, 3.8) is 0 Å². The second-order valence-corrected chi connectivity index (χ2v) is 6.71. The van der Waals surface area contributed by atoms with Gasteiger partial charge in [0.05, 0.1) is 4.90 Å². The number of benzene rings is 1. The quantitative estimate of drug-likeness (QED) is 0.735. The average Bonchev–Trinajstić information content (AvgIpc) is 2.28. The summed E-state index contributed by atoms with van der Waals surface area (Å²) in [5.74, 6) is -1.16. The monoisotopic (exact) mass is 383 g/mol. The van der Waals surface area contributed by atoms with Crippen molar-refractivity contribution >= 4 is 38.6 Å². The van der Waals surface area contributed by atoms with E-state index in [1.54, 1.807) is 19.1 Å². The van der Waals surface area contributed by atoms with E-state index in [1.807, 2.05) is 0 Å². The lowest BCUT2D eigenvalue weighted by atomic mass is 10.2. The molecule has 1 aromatic rings. The molecular formula is C11H14INO4S. The smallest absolute Gasteiger partial charge is 0.321 e. The van der Waals surface area contributed by atoms with Gasteiger partial charge in [-0.3, -0.25) is 4.79 Å². The minimum Gasteiger partial charge on any atom is -0.480 e. The maximum absolute atomic E-state index is 12.0. The lowest BCUT2D eigenvalue weighted by Crippen LogP contribution is -2.40. The Morgan fingerprint density at radius 2 is 1.94 bits per heavy atom. The molecule has 0 fully saturated rings. The van der Waals surface area contributed by atoms with Crippen LogP contribution < -0.4 is 4.72 Å². The van der Waals surface area contributed by atoms with Crippen LogP contribution in [0.2, 0.25) is 0 Å². The van der Waals surface area contributed by atoms with Gasteiger partial charge in [0, 0.05) is 3.57 Å². The highest BCUT2D eigenvalue weighted by molar-refractivity contribution is 14.1. The third-order valence-corrected chi connectivity index (χ3v) is 4.50. The summed E-state index contributed by atoms with van der Waals surface area (Å²) in [7, 11) is -3.78. The normalized spacial score (nSPS) is 13.2. The molecule has 0 amide bonds. The van der Waals surface area contributed by atoms with Gasteiger partial charge in [0.2, 0.25) is 10.0 Å². The Balaban J connectivity index is 2.93. The van der Waals surface area contributed by atoms with Gasteiger partial charge in [-0.15, -0.1) is 0 Å². The zero-order valence-electron chi connectivity index (χ0n) is 9.76. The first kappa shape index (κ1) is 15.4. The van der Waals surface area contributed by atoms with Crippen LogP contribution in [0, 0.1) is 3.57 Å². The molecule has 100 valence electrons. The lowest BCUT2D eigenvalue weighted by molar-refractivity contribution is -0.139. The first-order chi connectivity index (χ1) is 8.36. The molecule has 0 aliphatic rings. The molecule has 0 heterocycles. The first-order valence-electron chi connectivity index (χ1n) is 5.37. The summed E-state index contributed by atoms with van der Waals surface area (Å²) < 4.78 is 27.0. The van der Waals surface area contributed by atoms with Crippen molar-refractivity contribution < 1.29 is 18.3 Å². The van der Waals surface area contributed by atoms with E-state index >= 15 is 0 Å². The number of rotatable bonds is 6. The van der Waals surface area contributed by atoms with Crippen molar-refractivity contribution in [1.82, 2.24) is 4.72 Å². The molecule has 2 N–H and O–H groups in total. The number of hydrogen-bond acceptors (Lipinski definition) is 3. The Morgan fingerprint density at radius 3 is 2.39 bits per heavy atom. The molecule has 1 rings (SSSR count). The summed E-state index contributed by atoms with van der Waals surface area (Å²) in [6.45, 7) is 1.80. The van der Waals surface area contributed by atoms with Crippen LogP contribution in [-0.2, 0) is 14.8 Å². The number of hydrogen-bond donors (Lipinski definition) is 2. The summed E-state index contributed by atoms with van der Waals surface area (Å²) in [5, 5.41) is 8.93. The van der Waals surface area contributed by atoms with Crippen molar-refractivity contribution in [2.24, 2.45) is 0 Å². The third kappa shape index (κ3) is 4.21. The van der Waals surface area contributed by atoms with E-state index < -0.39 is 22.0 Å². The highest BCUT2D eigenvalue weighted by Gasteiger charge is 2.24. The standard InChI is InChI=1S/C11H14INO4S/c1-2-3-10(11(14)15)13-18(16,17)9-6-4-8(12)5-7-9/h4-7,10,13H,2-3H2,1H3,(H,14,15). The van der Waals surface area contributed by atoms with E-state index in [9.17, 15) is 13.2 Å². The fraction of sp³-hybridized carbons (Fsp3) is 0.364. The van der Waals surface area contributed by atoms with Crippen LogP contribution in [0.3, 0.4) is 0 Å². The topological polar surface area (TPSA) is 83.5 Å². The number of carboxylic acids is 1. The van der Waals surface area contributed by atoms with Gasteiger partial charge in [-0.05, 0) is 53.3 Å². The molecule has 1 atom stereocenters. The lowest BCUT2D eigenvalue weighted by Gasteiger charge is -2.13. The Morgan fingerprint density at radius 1 is 1.39 bits per heavy atom. The van der Waals surface area contributed by atoms with Gasteiger partial charge in [0.15, 0.2) is 0 Å². The van der Waals surface area contributed by atoms with Gasteiger partial charge in [-0.2, -0.15) is 4.72 Å². The minimum atomic E-state index is -3.78. The fourth-order valence-electron chi connectivity index (χ4n) is 1.39. The Kier molecular flexibility index (Phi) is 5.54. The SMILES string of the molecule is CCCC(NS(=O)(=O)c1ccc(I)cc1)C(=O)O. The molecule has 0 spiro atoms. The largest absolute Gasteiger partial charge is 0.480 e. The van der Waals surface area contributed by atoms with E-state index in [-0.39, 0.29) is 11.3 Å². The average molecular weight is 383 g/mol. The molecule has 1 unspecified atom stereocenters. The molecule has 0 saturated heterocycles. The Bertz CT molecular complexity index is 512. The van der Waals surface area contributed by atoms with Crippen LogP contribution in [0.15, 0.2) is 29.2 Å². The molecule has 5 nitrogen and oxygen atoms in total. The van der Waals surface area contributed by atoms with Crippen molar-refractivity contribution in [3.05, 3.63) is 27.8 Å². The van der Waals surface area contributed by atoms with E-state index in [1.165, 1.54) is 12.1 Å². The third-order valence-electron chi connectivity index (χ3n) is 2.30. The van der Waals surface area contributed by atoms with Crippen LogP contribution in [0.1, 0.15) is 19.8 Å². The molecule has 0 bridgehead atoms. The molecule has 0 radical (unpaired) electrons. The maximum atomic E-state index is 12.0. The van der Waals surface area contributed by atoms with Gasteiger partial charge < -0.3 is 5.11 Å². The van der Waals surface area contributed by atoms with Crippen LogP contribution in [0.5, 0.6) is 0 Å². The van der Waals surface area contributed by atoms with Gasteiger partial charge in [0.25, 0.3) is 0 Å². The molecule has 18 heavy (non-hydrogen) atoms. The highest BCUT2D eigenvalue weighted by Crippen LogP contribution is 2.13. The molecule has 0 aliphatic carbocycles. The van der Waals surface area contributed by atoms with Gasteiger partial charge in [-0.25, -0.2) is 8.42 Å². The second kappa shape index (κ2) is 6.48. The van der Waals surface area contributed by atoms with Crippen LogP contribution in [0.25, 0.3) is 0 Å². The summed E-state index contributed by atoms with van der Waals surface area (Å²) >= 11 is 2.06. The molecule has 0 saturated carbocycles. The van der Waals surface area contributed by atoms with E-state index in [0.29, 0.717) is 6.42 Å². The number of sulfonamides is 1. The van der Waals surface area contributed by atoms with Gasteiger partial charge in [0.1, 0.15) is 6.04 Å². The first-order valence-corrected chi connectivity index (χ1v) is 7.93. The second-order valence-electron chi connectivity index (χ2n) is 3.75. The summed E-state index contributed by atoms with van der Waals surface area (Å²) in [6, 6.07) is 5.14. The van der Waals surface area contributed by atoms with Crippen LogP contribution in [-0.4, -0.2) is 25.5 Å². The molecule has 1 aromatic carbocycles. The Labute approximate surface area is 120 Å². The van der Waals surface area contributed by atoms with Crippen molar-refractivity contribution in [1.29, 1.82) is 0 Å². The van der Waals surface area contributed by atoms with Crippen molar-refractivity contribution in [2.45, 2.75) is 30.7 Å². The number of halogens is 1. The van der Waals surface area contributed by atoms with Crippen LogP contribution in [0.4, 0.5) is 0 Å². The molecular weight excluding hydrogens is 369 g/mol. The number of carboxylic acid groups (broad SMARTS) is 1. The molecule has 0 aliphatic heterocycles. The van der Waals surface area contributed by atoms with E-state index in [0.717, 1.165) is 3.57 Å². The highest BCUT2D eigenvalue weighted by atomic mass is 127. The number of carbonyl (C=O) groups is 1. The van der Waals surface area contributed by atoms with Crippen molar-refractivity contribution in [2.75, 3.05) is 0 Å². The summed E-state index contributed by atoms with van der Waals surface area (Å²) in [5.41, 5.74) is 0. The van der Waals surface area contributed by atoms with Crippen LogP contribution >= 0.6 is 22.6 Å². The van der Waals surface area contributed by atoms with Crippen molar-refractivity contribution in [3.8, 4) is 0 Å². The zero-order valence-corrected chi connectivity index (χ0v) is 12.7. The predicted molar refractivity (Wildman–Crippen MR) is 75.8 cm³/mol. The fourth-order valence-corrected chi connectivity index (χ4v) is 2.97. The predicted octanol–water partition coefficient (Wildman–Crippen LogP) is 1.82. The minimum absolute atomic E-state index is 0.0743. The van der Waals surface area contributed by atoms with Gasteiger partial charge in [-0.1, -0.05) is 13.3 Å². The van der Waals surface area contributed by atoms with E-state index in [2.05, 4.69) is 27.3 Å². The van der Waals surface area contributed by atoms with E-state index in [4.69, 9.17) is 5.11 Å². The molecule has 7 heteroatoms. The summed E-state index contributed by atoms with van der Waals surface area (Å²) in [4.78, 5) is 11.0. The molecule has 0 aromatic heterocycles. The summed E-state index contributed by atoms with van der Waals surface area (Å²) in [6.07, 6.45) is 0.852. The number of aliphatic carboxylic acids is 1.